The highest BCUT2D eigenvalue weighted by molar-refractivity contribution is 6.04. The van der Waals surface area contributed by atoms with Crippen LogP contribution in [-0.2, 0) is 16.0 Å². The van der Waals surface area contributed by atoms with Gasteiger partial charge in [-0.05, 0) is 38.6 Å². The van der Waals surface area contributed by atoms with Crippen LogP contribution in [0.3, 0.4) is 0 Å². The van der Waals surface area contributed by atoms with Gasteiger partial charge in [-0.3, -0.25) is 9.59 Å². The van der Waals surface area contributed by atoms with E-state index in [9.17, 15) is 9.59 Å². The standard InChI is InChI=1S/C16H25N3O2/c1-5-13-8-6-7-12(2)16(13)18-15(21)11-14(20)17-9-10-19(3)4/h6-8H,5,9-11H2,1-4H3,(H,17,20)(H,18,21). The number of para-hydroxylation sites is 1. The predicted octanol–water partition coefficient (Wildman–Crippen LogP) is 1.56. The fraction of sp³-hybridized carbons (Fsp3) is 0.500. The van der Waals surface area contributed by atoms with Gasteiger partial charge in [-0.15, -0.1) is 0 Å². The van der Waals surface area contributed by atoms with Crippen LogP contribution in [0.25, 0.3) is 0 Å². The minimum absolute atomic E-state index is 0.148. The number of nitrogens with one attached hydrogen (secondary N) is 2. The highest BCUT2D eigenvalue weighted by atomic mass is 16.2. The molecule has 0 atom stereocenters. The van der Waals surface area contributed by atoms with E-state index in [0.717, 1.165) is 29.8 Å². The molecule has 0 unspecified atom stereocenters. The lowest BCUT2D eigenvalue weighted by Crippen LogP contribution is -2.33. The molecule has 0 saturated carbocycles. The zero-order valence-corrected chi connectivity index (χ0v) is 13.3. The number of amides is 2. The maximum absolute atomic E-state index is 12.0. The first-order chi connectivity index (χ1) is 9.93. The van der Waals surface area contributed by atoms with Gasteiger partial charge in [0.05, 0.1) is 0 Å². The van der Waals surface area contributed by atoms with E-state index in [1.807, 2.05) is 51.0 Å². The molecule has 2 N–H and O–H groups in total. The Balaban J connectivity index is 2.52. The Morgan fingerprint density at radius 2 is 1.90 bits per heavy atom. The van der Waals surface area contributed by atoms with Crippen molar-refractivity contribution in [2.45, 2.75) is 26.7 Å². The molecule has 0 heterocycles. The number of hydrogen-bond acceptors (Lipinski definition) is 3. The summed E-state index contributed by atoms with van der Waals surface area (Å²) in [5.41, 5.74) is 2.91. The lowest BCUT2D eigenvalue weighted by molar-refractivity contribution is -0.126. The Morgan fingerprint density at radius 3 is 2.52 bits per heavy atom. The molecule has 1 aromatic carbocycles. The van der Waals surface area contributed by atoms with Gasteiger partial charge < -0.3 is 15.5 Å². The molecular weight excluding hydrogens is 266 g/mol. The predicted molar refractivity (Wildman–Crippen MR) is 85.4 cm³/mol. The number of aryl methyl sites for hydroxylation is 2. The van der Waals surface area contributed by atoms with Crippen molar-refractivity contribution in [3.8, 4) is 0 Å². The van der Waals surface area contributed by atoms with Crippen LogP contribution in [0.1, 0.15) is 24.5 Å². The zero-order chi connectivity index (χ0) is 15.8. The topological polar surface area (TPSA) is 61.4 Å². The van der Waals surface area contributed by atoms with E-state index in [-0.39, 0.29) is 18.2 Å². The number of likely N-dealkylation sites (N-methyl/N-ethyl adjacent to an activating group) is 1. The van der Waals surface area contributed by atoms with Crippen molar-refractivity contribution in [2.24, 2.45) is 0 Å². The molecule has 1 rings (SSSR count). The van der Waals surface area contributed by atoms with E-state index in [0.29, 0.717) is 6.54 Å². The first-order valence-electron chi connectivity index (χ1n) is 7.23. The number of hydrogen-bond donors (Lipinski definition) is 2. The molecule has 0 saturated heterocycles. The number of rotatable bonds is 7. The Bertz CT molecular complexity index is 498. The smallest absolute Gasteiger partial charge is 0.233 e. The summed E-state index contributed by atoms with van der Waals surface area (Å²) >= 11 is 0. The first-order valence-corrected chi connectivity index (χ1v) is 7.23. The second kappa shape index (κ2) is 8.42. The number of nitrogens with zero attached hydrogens (tertiary/aromatic N) is 1. The number of benzene rings is 1. The van der Waals surface area contributed by atoms with Gasteiger partial charge in [0.2, 0.25) is 11.8 Å². The Labute approximate surface area is 126 Å². The molecule has 2 amide bonds. The molecule has 0 aliphatic carbocycles. The summed E-state index contributed by atoms with van der Waals surface area (Å²) in [6.45, 7) is 5.29. The molecule has 5 heteroatoms. The van der Waals surface area contributed by atoms with E-state index in [1.165, 1.54) is 0 Å². The van der Waals surface area contributed by atoms with Gasteiger partial charge in [0.25, 0.3) is 0 Å². The van der Waals surface area contributed by atoms with E-state index >= 15 is 0 Å². The van der Waals surface area contributed by atoms with E-state index in [2.05, 4.69) is 10.6 Å². The normalized spacial score (nSPS) is 10.5. The van der Waals surface area contributed by atoms with Crippen LogP contribution in [0, 0.1) is 6.92 Å². The van der Waals surface area contributed by atoms with Crippen molar-refractivity contribution in [3.05, 3.63) is 29.3 Å². The third-order valence-electron chi connectivity index (χ3n) is 3.21. The SMILES string of the molecule is CCc1cccc(C)c1NC(=O)CC(=O)NCCN(C)C. The molecule has 0 fully saturated rings. The van der Waals surface area contributed by atoms with Crippen molar-refractivity contribution in [3.63, 3.8) is 0 Å². The maximum atomic E-state index is 12.0. The van der Waals surface area contributed by atoms with E-state index in [1.54, 1.807) is 0 Å². The minimum atomic E-state index is -0.277. The highest BCUT2D eigenvalue weighted by Gasteiger charge is 2.12. The summed E-state index contributed by atoms with van der Waals surface area (Å²) in [5.74, 6) is -0.526. The van der Waals surface area contributed by atoms with Crippen LogP contribution in [-0.4, -0.2) is 43.9 Å². The van der Waals surface area contributed by atoms with Gasteiger partial charge in [-0.25, -0.2) is 0 Å². The lowest BCUT2D eigenvalue weighted by Gasteiger charge is -2.13. The first kappa shape index (κ1) is 17.2. The quantitative estimate of drug-likeness (QED) is 0.750. The summed E-state index contributed by atoms with van der Waals surface area (Å²) in [4.78, 5) is 25.6. The molecule has 0 bridgehead atoms. The fourth-order valence-electron chi connectivity index (χ4n) is 2.01. The average molecular weight is 291 g/mol. The minimum Gasteiger partial charge on any atom is -0.354 e. The monoisotopic (exact) mass is 291 g/mol. The highest BCUT2D eigenvalue weighted by Crippen LogP contribution is 2.21. The summed E-state index contributed by atoms with van der Waals surface area (Å²) in [7, 11) is 3.87. The molecule has 0 spiro atoms. The van der Waals surface area contributed by atoms with Crippen LogP contribution in [0.15, 0.2) is 18.2 Å². The molecular formula is C16H25N3O2. The molecule has 0 radical (unpaired) electrons. The molecule has 116 valence electrons. The maximum Gasteiger partial charge on any atom is 0.233 e. The third kappa shape index (κ3) is 5.95. The fourth-order valence-corrected chi connectivity index (χ4v) is 2.01. The van der Waals surface area contributed by atoms with E-state index in [4.69, 9.17) is 0 Å². The molecule has 5 nitrogen and oxygen atoms in total. The second-order valence-corrected chi connectivity index (χ2v) is 5.34. The van der Waals surface area contributed by atoms with Gasteiger partial charge in [0.15, 0.2) is 0 Å². The number of anilines is 1. The van der Waals surface area contributed by atoms with Gasteiger partial charge in [0, 0.05) is 18.8 Å². The third-order valence-corrected chi connectivity index (χ3v) is 3.21. The van der Waals surface area contributed by atoms with Gasteiger partial charge in [-0.1, -0.05) is 25.1 Å². The van der Waals surface area contributed by atoms with Crippen molar-refractivity contribution in [1.29, 1.82) is 0 Å². The summed E-state index contributed by atoms with van der Waals surface area (Å²) < 4.78 is 0. The van der Waals surface area contributed by atoms with Crippen LogP contribution < -0.4 is 10.6 Å². The van der Waals surface area contributed by atoms with Gasteiger partial charge in [0.1, 0.15) is 6.42 Å². The number of carbonyl (C=O) groups excluding carboxylic acids is 2. The summed E-state index contributed by atoms with van der Waals surface area (Å²) in [6, 6.07) is 5.91. The molecule has 1 aromatic rings. The van der Waals surface area contributed by atoms with Crippen molar-refractivity contribution < 1.29 is 9.59 Å². The van der Waals surface area contributed by atoms with Crippen molar-refractivity contribution in [2.75, 3.05) is 32.5 Å². The van der Waals surface area contributed by atoms with E-state index < -0.39 is 0 Å². The Hall–Kier alpha value is -1.88. The van der Waals surface area contributed by atoms with Crippen LogP contribution in [0.5, 0.6) is 0 Å². The lowest BCUT2D eigenvalue weighted by atomic mass is 10.1. The number of carbonyl (C=O) groups is 2. The summed E-state index contributed by atoms with van der Waals surface area (Å²) in [6.07, 6.45) is 0.692. The molecule has 0 aromatic heterocycles. The molecule has 0 aliphatic heterocycles. The Morgan fingerprint density at radius 1 is 1.19 bits per heavy atom. The van der Waals surface area contributed by atoms with Crippen LogP contribution >= 0.6 is 0 Å². The average Bonchev–Trinajstić information content (AvgIpc) is 2.40. The second-order valence-electron chi connectivity index (χ2n) is 5.34. The zero-order valence-electron chi connectivity index (χ0n) is 13.3. The molecule has 0 aliphatic rings. The van der Waals surface area contributed by atoms with Crippen molar-refractivity contribution in [1.82, 2.24) is 10.2 Å². The van der Waals surface area contributed by atoms with Gasteiger partial charge in [-0.2, -0.15) is 0 Å². The van der Waals surface area contributed by atoms with Crippen molar-refractivity contribution >= 4 is 17.5 Å². The van der Waals surface area contributed by atoms with Gasteiger partial charge >= 0.3 is 0 Å². The Kier molecular flexibility index (Phi) is 6.88. The van der Waals surface area contributed by atoms with Crippen LogP contribution in [0.2, 0.25) is 0 Å². The summed E-state index contributed by atoms with van der Waals surface area (Å²) in [5, 5.41) is 5.58. The molecule has 21 heavy (non-hydrogen) atoms. The van der Waals surface area contributed by atoms with Crippen LogP contribution in [0.4, 0.5) is 5.69 Å². The largest absolute Gasteiger partial charge is 0.354 e.